The molecule has 0 aromatic heterocycles. The number of rotatable bonds is 4. The first-order valence-electron chi connectivity index (χ1n) is 5.64. The highest BCUT2D eigenvalue weighted by atomic mass is 19.2. The molecule has 0 aliphatic carbocycles. The van der Waals surface area contributed by atoms with E-state index in [1.807, 2.05) is 0 Å². The molecule has 1 aliphatic heterocycles. The number of hydrogen-bond acceptors (Lipinski definition) is 5. The molecule has 5 nitrogen and oxygen atoms in total. The number of aliphatic imine (C=N–C) groups is 1. The summed E-state index contributed by atoms with van der Waals surface area (Å²) < 4.78 is 70.8. The van der Waals surface area contributed by atoms with Crippen LogP contribution in [0.25, 0.3) is 0 Å². The fourth-order valence-corrected chi connectivity index (χ4v) is 1.81. The molecule has 1 aromatic rings. The summed E-state index contributed by atoms with van der Waals surface area (Å²) in [7, 11) is -3.45. The average Bonchev–Trinajstić information content (AvgIpc) is 2.44. The molecule has 0 saturated carbocycles. The Labute approximate surface area is 119 Å². The minimum atomic E-state index is -3.45. The molecule has 1 atom stereocenters. The molecule has 11 heteroatoms. The van der Waals surface area contributed by atoms with Crippen LogP contribution in [-0.4, -0.2) is 32.3 Å². The van der Waals surface area contributed by atoms with Crippen molar-refractivity contribution in [2.75, 3.05) is 6.86 Å². The van der Waals surface area contributed by atoms with E-state index in [4.69, 9.17) is 0 Å². The van der Waals surface area contributed by atoms with E-state index in [2.05, 4.69) is 14.4 Å². The molecule has 0 radical (unpaired) electrons. The lowest BCUT2D eigenvalue weighted by molar-refractivity contribution is -0.136. The number of benzene rings is 1. The van der Waals surface area contributed by atoms with Crippen LogP contribution < -0.4 is 4.74 Å². The highest BCUT2D eigenvalue weighted by Gasteiger charge is 2.37. The van der Waals surface area contributed by atoms with E-state index in [0.717, 1.165) is 0 Å². The summed E-state index contributed by atoms with van der Waals surface area (Å²) in [6.45, 7) is -1.52. The number of nitrogens with zero attached hydrogens (tertiary/aromatic N) is 1. The van der Waals surface area contributed by atoms with Crippen molar-refractivity contribution in [1.82, 2.24) is 0 Å². The van der Waals surface area contributed by atoms with Gasteiger partial charge in [0.05, 0.1) is 5.56 Å². The molecule has 116 valence electrons. The van der Waals surface area contributed by atoms with Gasteiger partial charge in [0.25, 0.3) is 0 Å². The number of hydrogen-bond donors (Lipinski definition) is 0. The summed E-state index contributed by atoms with van der Waals surface area (Å²) in [6.07, 6.45) is 0.609. The van der Waals surface area contributed by atoms with Crippen molar-refractivity contribution in [2.24, 2.45) is 10.9 Å². The molecular formula is C11H5BF5NO4. The minimum absolute atomic E-state index is 0.414. The Balaban J connectivity index is 2.46. The van der Waals surface area contributed by atoms with Crippen LogP contribution in [0.15, 0.2) is 11.1 Å². The largest absolute Gasteiger partial charge is 0.798 e. The van der Waals surface area contributed by atoms with Gasteiger partial charge in [-0.25, -0.2) is 17.4 Å². The van der Waals surface area contributed by atoms with E-state index in [1.165, 1.54) is 0 Å². The van der Waals surface area contributed by atoms with Gasteiger partial charge in [0.2, 0.25) is 12.7 Å². The molecule has 1 aliphatic rings. The Bertz CT molecular complexity index is 666. The SMILES string of the molecule is O=C(OB(F)F)C1C=Nc2c(cc(F)c(F)c2OCF)C1=O. The van der Waals surface area contributed by atoms with Crippen LogP contribution in [0.1, 0.15) is 10.4 Å². The number of carbonyl (C=O) groups excluding carboxylic acids is 2. The van der Waals surface area contributed by atoms with E-state index in [0.29, 0.717) is 12.3 Å². The maximum Gasteiger partial charge on any atom is 0.798 e. The van der Waals surface area contributed by atoms with Crippen LogP contribution in [0.4, 0.5) is 27.5 Å². The topological polar surface area (TPSA) is 65.0 Å². The maximum absolute atomic E-state index is 13.5. The highest BCUT2D eigenvalue weighted by molar-refractivity contribution is 6.39. The van der Waals surface area contributed by atoms with Gasteiger partial charge in [-0.2, -0.15) is 4.39 Å². The van der Waals surface area contributed by atoms with Gasteiger partial charge in [0.1, 0.15) is 5.69 Å². The number of halogens is 5. The third-order valence-electron chi connectivity index (χ3n) is 2.71. The summed E-state index contributed by atoms with van der Waals surface area (Å²) in [5.41, 5.74) is -1.15. The molecule has 0 fully saturated rings. The molecular weight excluding hydrogens is 316 g/mol. The minimum Gasteiger partial charge on any atom is -0.477 e. The van der Waals surface area contributed by atoms with Crippen LogP contribution in [0, 0.1) is 17.6 Å². The van der Waals surface area contributed by atoms with Crippen LogP contribution >= 0.6 is 0 Å². The molecule has 1 aromatic carbocycles. The predicted molar refractivity (Wildman–Crippen MR) is 63.0 cm³/mol. The first-order valence-corrected chi connectivity index (χ1v) is 5.64. The van der Waals surface area contributed by atoms with Crippen molar-refractivity contribution in [2.45, 2.75) is 0 Å². The second kappa shape index (κ2) is 6.12. The average molecular weight is 321 g/mol. The predicted octanol–water partition coefficient (Wildman–Crippen LogP) is 2.25. The van der Waals surface area contributed by atoms with Gasteiger partial charge in [-0.05, 0) is 6.07 Å². The standard InChI is InChI=1S/C11H5BF5NO4/c13-3-21-10-7(15)6(14)1-4-8(10)18-2-5(9(4)19)11(20)22-12(16)17/h1-2,5H,3H2. The maximum atomic E-state index is 13.5. The Morgan fingerprint density at radius 3 is 2.64 bits per heavy atom. The van der Waals surface area contributed by atoms with Gasteiger partial charge < -0.3 is 9.39 Å². The Morgan fingerprint density at radius 1 is 1.36 bits per heavy atom. The van der Waals surface area contributed by atoms with Crippen molar-refractivity contribution in [3.8, 4) is 5.75 Å². The van der Waals surface area contributed by atoms with E-state index in [9.17, 15) is 31.4 Å². The van der Waals surface area contributed by atoms with E-state index in [1.54, 1.807) is 0 Å². The number of Topliss-reactive ketones (excluding diaryl/α,β-unsaturated/α-hetero) is 1. The monoisotopic (exact) mass is 321 g/mol. The second-order valence-corrected chi connectivity index (χ2v) is 3.97. The van der Waals surface area contributed by atoms with Gasteiger partial charge in [-0.1, -0.05) is 0 Å². The van der Waals surface area contributed by atoms with E-state index in [-0.39, 0.29) is 0 Å². The zero-order valence-electron chi connectivity index (χ0n) is 10.5. The number of carbonyl (C=O) groups is 2. The number of ether oxygens (including phenoxy) is 1. The van der Waals surface area contributed by atoms with Gasteiger partial charge in [0.15, 0.2) is 23.3 Å². The van der Waals surface area contributed by atoms with Crippen LogP contribution in [0.5, 0.6) is 5.75 Å². The molecule has 0 amide bonds. The zero-order chi connectivity index (χ0) is 16.4. The van der Waals surface area contributed by atoms with Crippen molar-refractivity contribution in [3.63, 3.8) is 0 Å². The molecule has 2 rings (SSSR count). The van der Waals surface area contributed by atoms with Crippen molar-refractivity contribution < 1.29 is 40.8 Å². The smallest absolute Gasteiger partial charge is 0.477 e. The van der Waals surface area contributed by atoms with Crippen LogP contribution in [0.2, 0.25) is 0 Å². The second-order valence-electron chi connectivity index (χ2n) is 3.97. The lowest BCUT2D eigenvalue weighted by atomic mass is 9.93. The Morgan fingerprint density at radius 2 is 2.05 bits per heavy atom. The first-order chi connectivity index (χ1) is 10.4. The molecule has 1 unspecified atom stereocenters. The van der Waals surface area contributed by atoms with Crippen molar-refractivity contribution >= 4 is 31.1 Å². The molecule has 0 spiro atoms. The normalized spacial score (nSPS) is 16.2. The Hall–Kier alpha value is -2.46. The lowest BCUT2D eigenvalue weighted by Gasteiger charge is -2.18. The quantitative estimate of drug-likeness (QED) is 0.485. The van der Waals surface area contributed by atoms with Crippen LogP contribution in [0.3, 0.4) is 0 Å². The van der Waals surface area contributed by atoms with Gasteiger partial charge >= 0.3 is 13.4 Å². The highest BCUT2D eigenvalue weighted by Crippen LogP contribution is 2.39. The summed E-state index contributed by atoms with van der Waals surface area (Å²) in [5.74, 6) is -8.68. The summed E-state index contributed by atoms with van der Waals surface area (Å²) in [4.78, 5) is 26.8. The van der Waals surface area contributed by atoms with Gasteiger partial charge in [0, 0.05) is 6.21 Å². The number of alkyl halides is 1. The van der Waals surface area contributed by atoms with Crippen molar-refractivity contribution in [3.05, 3.63) is 23.3 Å². The van der Waals surface area contributed by atoms with E-state index >= 15 is 0 Å². The summed E-state index contributed by atoms with van der Waals surface area (Å²) in [5, 5.41) is 0. The van der Waals surface area contributed by atoms with Crippen LogP contribution in [-0.2, 0) is 9.45 Å². The van der Waals surface area contributed by atoms with E-state index < -0.39 is 60.6 Å². The lowest BCUT2D eigenvalue weighted by Crippen LogP contribution is -2.32. The summed E-state index contributed by atoms with van der Waals surface area (Å²) >= 11 is 0. The fourth-order valence-electron chi connectivity index (χ4n) is 1.81. The molecule has 1 heterocycles. The Kier molecular flexibility index (Phi) is 4.43. The first kappa shape index (κ1) is 15.9. The number of ketones is 1. The van der Waals surface area contributed by atoms with Gasteiger partial charge in [-0.15, -0.1) is 0 Å². The molecule has 0 saturated heterocycles. The molecule has 22 heavy (non-hydrogen) atoms. The molecule has 0 N–H and O–H groups in total. The van der Waals surface area contributed by atoms with Gasteiger partial charge in [-0.3, -0.25) is 14.6 Å². The molecule has 0 bridgehead atoms. The van der Waals surface area contributed by atoms with Crippen molar-refractivity contribution in [1.29, 1.82) is 0 Å². The fraction of sp³-hybridized carbons (Fsp3) is 0.182. The number of fused-ring (bicyclic) bond motifs is 1. The summed E-state index contributed by atoms with van der Waals surface area (Å²) in [6, 6.07) is 0.414. The zero-order valence-corrected chi connectivity index (χ0v) is 10.5. The third-order valence-corrected chi connectivity index (χ3v) is 2.71. The third kappa shape index (κ3) is 2.78.